The molecular formula is C18H30O3. The summed E-state index contributed by atoms with van der Waals surface area (Å²) in [5.41, 5.74) is 1.46. The van der Waals surface area contributed by atoms with Crippen LogP contribution in [0.25, 0.3) is 0 Å². The molecule has 0 heterocycles. The van der Waals surface area contributed by atoms with Crippen LogP contribution in [-0.2, 0) is 9.53 Å². The highest BCUT2D eigenvalue weighted by molar-refractivity contribution is 5.69. The van der Waals surface area contributed by atoms with E-state index in [0.29, 0.717) is 19.3 Å². The molecule has 120 valence electrons. The molecule has 0 rings (SSSR count). The van der Waals surface area contributed by atoms with E-state index in [2.05, 4.69) is 12.7 Å². The first kappa shape index (κ1) is 19.7. The fourth-order valence-corrected chi connectivity index (χ4v) is 1.87. The van der Waals surface area contributed by atoms with Gasteiger partial charge in [0.2, 0.25) is 0 Å². The Balaban J connectivity index is 4.58. The maximum Gasteiger partial charge on any atom is 0.306 e. The van der Waals surface area contributed by atoms with Gasteiger partial charge in [0.15, 0.2) is 0 Å². The van der Waals surface area contributed by atoms with Crippen molar-refractivity contribution in [1.82, 2.24) is 0 Å². The summed E-state index contributed by atoms with van der Waals surface area (Å²) in [7, 11) is 0. The third-order valence-corrected chi connectivity index (χ3v) is 3.20. The second-order valence-electron chi connectivity index (χ2n) is 5.98. The SMILES string of the molecule is C=CC(C)(O)CC/C=C(\C)CC(C=C(C)C)OC(=O)CC. The minimum absolute atomic E-state index is 0.181. The molecule has 0 aliphatic rings. The summed E-state index contributed by atoms with van der Waals surface area (Å²) in [6.45, 7) is 13.2. The molecule has 0 amide bonds. The molecule has 3 nitrogen and oxygen atoms in total. The fourth-order valence-electron chi connectivity index (χ4n) is 1.87. The lowest BCUT2D eigenvalue weighted by Crippen LogP contribution is -2.19. The molecule has 3 heteroatoms. The van der Waals surface area contributed by atoms with Gasteiger partial charge in [0.1, 0.15) is 6.10 Å². The fraction of sp³-hybridized carbons (Fsp3) is 0.611. The van der Waals surface area contributed by atoms with Crippen LogP contribution in [0.4, 0.5) is 0 Å². The van der Waals surface area contributed by atoms with Gasteiger partial charge in [0.25, 0.3) is 0 Å². The summed E-state index contributed by atoms with van der Waals surface area (Å²) in [6.07, 6.45) is 7.90. The van der Waals surface area contributed by atoms with E-state index in [9.17, 15) is 9.90 Å². The zero-order valence-corrected chi connectivity index (χ0v) is 14.1. The lowest BCUT2D eigenvalue weighted by Gasteiger charge is -2.18. The summed E-state index contributed by atoms with van der Waals surface area (Å²) in [6, 6.07) is 0. The first-order valence-electron chi connectivity index (χ1n) is 7.56. The number of hydrogen-bond acceptors (Lipinski definition) is 3. The first-order chi connectivity index (χ1) is 9.70. The van der Waals surface area contributed by atoms with E-state index in [1.807, 2.05) is 26.8 Å². The lowest BCUT2D eigenvalue weighted by atomic mass is 9.98. The van der Waals surface area contributed by atoms with Gasteiger partial charge in [0, 0.05) is 12.8 Å². The van der Waals surface area contributed by atoms with Gasteiger partial charge in [-0.3, -0.25) is 4.79 Å². The Morgan fingerprint density at radius 2 is 2.00 bits per heavy atom. The van der Waals surface area contributed by atoms with E-state index in [1.54, 1.807) is 19.9 Å². The molecule has 0 saturated carbocycles. The van der Waals surface area contributed by atoms with Crippen molar-refractivity contribution in [3.63, 3.8) is 0 Å². The van der Waals surface area contributed by atoms with E-state index in [4.69, 9.17) is 4.74 Å². The molecule has 1 N–H and O–H groups in total. The predicted molar refractivity (Wildman–Crippen MR) is 88.0 cm³/mol. The van der Waals surface area contributed by atoms with Crippen LogP contribution in [-0.4, -0.2) is 22.8 Å². The van der Waals surface area contributed by atoms with Crippen molar-refractivity contribution in [2.75, 3.05) is 0 Å². The number of aliphatic hydroxyl groups is 1. The van der Waals surface area contributed by atoms with Gasteiger partial charge >= 0.3 is 5.97 Å². The highest BCUT2D eigenvalue weighted by atomic mass is 16.5. The minimum Gasteiger partial charge on any atom is -0.458 e. The van der Waals surface area contributed by atoms with Gasteiger partial charge in [-0.1, -0.05) is 30.2 Å². The zero-order valence-electron chi connectivity index (χ0n) is 14.1. The van der Waals surface area contributed by atoms with Crippen LogP contribution in [0.5, 0.6) is 0 Å². The number of allylic oxidation sites excluding steroid dienone is 2. The molecular weight excluding hydrogens is 264 g/mol. The Morgan fingerprint density at radius 3 is 2.48 bits per heavy atom. The third-order valence-electron chi connectivity index (χ3n) is 3.20. The third kappa shape index (κ3) is 10.1. The van der Waals surface area contributed by atoms with Crippen molar-refractivity contribution in [2.45, 2.75) is 72.0 Å². The van der Waals surface area contributed by atoms with Crippen molar-refractivity contribution < 1.29 is 14.6 Å². The molecule has 2 atom stereocenters. The van der Waals surface area contributed by atoms with Gasteiger partial charge in [-0.2, -0.15) is 0 Å². The van der Waals surface area contributed by atoms with Crippen molar-refractivity contribution in [3.8, 4) is 0 Å². The van der Waals surface area contributed by atoms with E-state index < -0.39 is 5.60 Å². The molecule has 0 aliphatic heterocycles. The average molecular weight is 294 g/mol. The molecule has 0 aromatic heterocycles. The Labute approximate surface area is 129 Å². The maximum absolute atomic E-state index is 11.5. The number of carbonyl (C=O) groups excluding carboxylic acids is 1. The van der Waals surface area contributed by atoms with Crippen LogP contribution in [0.1, 0.15) is 60.3 Å². The monoisotopic (exact) mass is 294 g/mol. The van der Waals surface area contributed by atoms with Gasteiger partial charge in [-0.05, 0) is 46.6 Å². The number of rotatable bonds is 9. The minimum atomic E-state index is -0.829. The van der Waals surface area contributed by atoms with Crippen LogP contribution in [0.3, 0.4) is 0 Å². The quantitative estimate of drug-likeness (QED) is 0.508. The molecule has 0 fully saturated rings. The normalized spacial score (nSPS) is 15.8. The van der Waals surface area contributed by atoms with Crippen LogP contribution < -0.4 is 0 Å². The van der Waals surface area contributed by atoms with E-state index in [0.717, 1.165) is 17.6 Å². The molecule has 0 saturated heterocycles. The van der Waals surface area contributed by atoms with Crippen molar-refractivity contribution in [2.24, 2.45) is 0 Å². The molecule has 0 radical (unpaired) electrons. The summed E-state index contributed by atoms with van der Waals surface area (Å²) in [4.78, 5) is 11.5. The van der Waals surface area contributed by atoms with E-state index in [-0.39, 0.29) is 12.1 Å². The summed E-state index contributed by atoms with van der Waals surface area (Å²) < 4.78 is 5.43. The van der Waals surface area contributed by atoms with Gasteiger partial charge in [0.05, 0.1) is 5.60 Å². The second-order valence-corrected chi connectivity index (χ2v) is 5.98. The van der Waals surface area contributed by atoms with Crippen molar-refractivity contribution in [1.29, 1.82) is 0 Å². The zero-order chi connectivity index (χ0) is 16.5. The number of carbonyl (C=O) groups is 1. The number of hydrogen-bond donors (Lipinski definition) is 1. The largest absolute Gasteiger partial charge is 0.458 e. The van der Waals surface area contributed by atoms with Crippen LogP contribution in [0, 0.1) is 0 Å². The molecule has 0 bridgehead atoms. The maximum atomic E-state index is 11.5. The number of ether oxygens (including phenoxy) is 1. The topological polar surface area (TPSA) is 46.5 Å². The van der Waals surface area contributed by atoms with E-state index >= 15 is 0 Å². The lowest BCUT2D eigenvalue weighted by molar-refractivity contribution is -0.146. The highest BCUT2D eigenvalue weighted by Gasteiger charge is 2.14. The summed E-state index contributed by atoms with van der Waals surface area (Å²) in [5.74, 6) is -0.181. The van der Waals surface area contributed by atoms with Crippen molar-refractivity contribution >= 4 is 5.97 Å². The van der Waals surface area contributed by atoms with Gasteiger partial charge < -0.3 is 9.84 Å². The average Bonchev–Trinajstić information content (AvgIpc) is 2.37. The molecule has 2 unspecified atom stereocenters. The Hall–Kier alpha value is -1.35. The van der Waals surface area contributed by atoms with Crippen LogP contribution in [0.2, 0.25) is 0 Å². The summed E-state index contributed by atoms with van der Waals surface area (Å²) in [5, 5.41) is 9.86. The van der Waals surface area contributed by atoms with E-state index in [1.165, 1.54) is 0 Å². The van der Waals surface area contributed by atoms with Crippen molar-refractivity contribution in [3.05, 3.63) is 36.0 Å². The Bertz CT molecular complexity index is 399. The number of esters is 1. The molecule has 21 heavy (non-hydrogen) atoms. The Morgan fingerprint density at radius 1 is 1.38 bits per heavy atom. The van der Waals surface area contributed by atoms with Gasteiger partial charge in [-0.25, -0.2) is 0 Å². The Kier molecular flexibility index (Phi) is 8.95. The first-order valence-corrected chi connectivity index (χ1v) is 7.56. The molecule has 0 aliphatic carbocycles. The summed E-state index contributed by atoms with van der Waals surface area (Å²) >= 11 is 0. The highest BCUT2D eigenvalue weighted by Crippen LogP contribution is 2.17. The molecule has 0 aromatic carbocycles. The van der Waals surface area contributed by atoms with Crippen LogP contribution in [0.15, 0.2) is 36.0 Å². The second kappa shape index (κ2) is 9.56. The molecule has 0 aromatic rings. The standard InChI is InChI=1S/C18H30O3/c1-7-17(19)21-16(12-14(3)4)13-15(5)10-9-11-18(6,20)8-2/h8,10,12,16,20H,2,7,9,11,13H2,1,3-6H3/b15-10+. The predicted octanol–water partition coefficient (Wildman–Crippen LogP) is 4.33. The molecule has 0 spiro atoms. The van der Waals surface area contributed by atoms with Gasteiger partial charge in [-0.15, -0.1) is 6.58 Å². The smallest absolute Gasteiger partial charge is 0.306 e. The van der Waals surface area contributed by atoms with Crippen LogP contribution >= 0.6 is 0 Å².